The van der Waals surface area contributed by atoms with E-state index in [0.717, 1.165) is 12.8 Å². The minimum absolute atomic E-state index is 0.101. The fourth-order valence-electron chi connectivity index (χ4n) is 4.33. The van der Waals surface area contributed by atoms with E-state index in [4.69, 9.17) is 11.5 Å². The second-order valence-corrected chi connectivity index (χ2v) is 6.29. The van der Waals surface area contributed by atoms with Gasteiger partial charge in [-0.05, 0) is 51.0 Å². The van der Waals surface area contributed by atoms with Crippen molar-refractivity contribution in [2.24, 2.45) is 28.7 Å². The van der Waals surface area contributed by atoms with E-state index in [2.05, 4.69) is 11.9 Å². The number of nitrogens with two attached hydrogens (primary N) is 2. The van der Waals surface area contributed by atoms with Crippen molar-refractivity contribution in [3.05, 3.63) is 0 Å². The van der Waals surface area contributed by atoms with Crippen LogP contribution in [0.3, 0.4) is 0 Å². The minimum atomic E-state index is -1.03. The highest BCUT2D eigenvalue weighted by Crippen LogP contribution is 2.60. The fraction of sp³-hybridized carbons (Fsp3) is 0.846. The van der Waals surface area contributed by atoms with E-state index in [1.807, 2.05) is 0 Å². The zero-order chi connectivity index (χ0) is 13.1. The lowest BCUT2D eigenvalue weighted by molar-refractivity contribution is -0.134. The monoisotopic (exact) mass is 251 g/mol. The van der Waals surface area contributed by atoms with Crippen LogP contribution < -0.4 is 11.5 Å². The number of piperidine rings is 1. The quantitative estimate of drug-likeness (QED) is 0.683. The Labute approximate surface area is 107 Å². The van der Waals surface area contributed by atoms with E-state index >= 15 is 0 Å². The van der Waals surface area contributed by atoms with Crippen molar-refractivity contribution in [2.45, 2.75) is 44.2 Å². The Balaban J connectivity index is 1.75. The summed E-state index contributed by atoms with van der Waals surface area (Å²) in [5.74, 6) is -0.499. The minimum Gasteiger partial charge on any atom is -0.369 e. The van der Waals surface area contributed by atoms with Crippen LogP contribution in [-0.4, -0.2) is 35.8 Å². The van der Waals surface area contributed by atoms with Crippen LogP contribution >= 0.6 is 0 Å². The van der Waals surface area contributed by atoms with Crippen LogP contribution in [0.4, 0.5) is 0 Å². The van der Waals surface area contributed by atoms with Crippen LogP contribution in [-0.2, 0) is 9.59 Å². The molecule has 1 saturated carbocycles. The van der Waals surface area contributed by atoms with E-state index in [9.17, 15) is 9.59 Å². The molecular formula is C13H21N3O2. The second kappa shape index (κ2) is 3.70. The molecule has 1 aliphatic carbocycles. The van der Waals surface area contributed by atoms with Crippen molar-refractivity contribution in [3.63, 3.8) is 0 Å². The van der Waals surface area contributed by atoms with Crippen molar-refractivity contribution >= 4 is 11.8 Å². The molecule has 0 aromatic heterocycles. The Hall–Kier alpha value is -1.10. The van der Waals surface area contributed by atoms with Crippen molar-refractivity contribution in [1.82, 2.24) is 4.90 Å². The Kier molecular flexibility index (Phi) is 2.46. The molecule has 0 radical (unpaired) electrons. The van der Waals surface area contributed by atoms with Crippen LogP contribution in [0.1, 0.15) is 32.1 Å². The molecule has 3 aliphatic rings. The zero-order valence-electron chi connectivity index (χ0n) is 10.8. The number of fused-ring (bicyclic) bond motifs is 2. The molecule has 2 saturated heterocycles. The molecule has 0 aromatic rings. The maximum atomic E-state index is 11.5. The SMILES string of the molecule is CN1[C@@H]2CC[C@H]1C[C@@H](C1CC1(C(N)=O)C(N)=O)C2. The number of hydrogen-bond donors (Lipinski definition) is 2. The number of nitrogens with zero attached hydrogens (tertiary/aromatic N) is 1. The van der Waals surface area contributed by atoms with E-state index in [1.165, 1.54) is 12.8 Å². The van der Waals surface area contributed by atoms with Gasteiger partial charge in [0, 0.05) is 12.1 Å². The van der Waals surface area contributed by atoms with Gasteiger partial charge in [0.25, 0.3) is 0 Å². The fourth-order valence-corrected chi connectivity index (χ4v) is 4.33. The van der Waals surface area contributed by atoms with E-state index in [0.29, 0.717) is 24.4 Å². The molecule has 0 spiro atoms. The molecular weight excluding hydrogens is 230 g/mol. The summed E-state index contributed by atoms with van der Waals surface area (Å²) >= 11 is 0. The van der Waals surface area contributed by atoms with Gasteiger partial charge in [0.2, 0.25) is 11.8 Å². The number of primary amides is 2. The zero-order valence-corrected chi connectivity index (χ0v) is 10.8. The predicted molar refractivity (Wildman–Crippen MR) is 66.2 cm³/mol. The van der Waals surface area contributed by atoms with Crippen LogP contribution in [0.25, 0.3) is 0 Å². The van der Waals surface area contributed by atoms with Gasteiger partial charge in [0.05, 0.1) is 0 Å². The van der Waals surface area contributed by atoms with Gasteiger partial charge in [-0.3, -0.25) is 9.59 Å². The first-order chi connectivity index (χ1) is 8.46. The predicted octanol–water partition coefficient (Wildman–Crippen LogP) is -0.164. The molecule has 2 heterocycles. The van der Waals surface area contributed by atoms with Gasteiger partial charge in [0.15, 0.2) is 0 Å². The Morgan fingerprint density at radius 1 is 1.11 bits per heavy atom. The van der Waals surface area contributed by atoms with Crippen LogP contribution in [0.15, 0.2) is 0 Å². The summed E-state index contributed by atoms with van der Waals surface area (Å²) in [4.78, 5) is 25.5. The summed E-state index contributed by atoms with van der Waals surface area (Å²) in [5.41, 5.74) is 9.76. The van der Waals surface area contributed by atoms with Gasteiger partial charge in [-0.2, -0.15) is 0 Å². The van der Waals surface area contributed by atoms with Gasteiger partial charge < -0.3 is 16.4 Å². The molecule has 5 heteroatoms. The lowest BCUT2D eigenvalue weighted by Crippen LogP contribution is -2.44. The van der Waals surface area contributed by atoms with Crippen LogP contribution in [0.2, 0.25) is 0 Å². The molecule has 4 N–H and O–H groups in total. The van der Waals surface area contributed by atoms with E-state index in [-0.39, 0.29) is 5.92 Å². The Morgan fingerprint density at radius 2 is 1.61 bits per heavy atom. The third-order valence-electron chi connectivity index (χ3n) is 5.60. The lowest BCUT2D eigenvalue weighted by atomic mass is 9.83. The highest BCUT2D eigenvalue weighted by atomic mass is 16.2. The molecule has 3 rings (SSSR count). The van der Waals surface area contributed by atoms with Crippen molar-refractivity contribution in [3.8, 4) is 0 Å². The van der Waals surface area contributed by atoms with Crippen molar-refractivity contribution < 1.29 is 9.59 Å². The Morgan fingerprint density at radius 3 is 2.00 bits per heavy atom. The maximum absolute atomic E-state index is 11.5. The molecule has 3 fully saturated rings. The molecule has 2 aliphatic heterocycles. The third kappa shape index (κ3) is 1.43. The highest BCUT2D eigenvalue weighted by molar-refractivity contribution is 6.07. The first-order valence-corrected chi connectivity index (χ1v) is 6.78. The summed E-state index contributed by atoms with van der Waals surface area (Å²) in [6, 6.07) is 1.24. The van der Waals surface area contributed by atoms with Gasteiger partial charge in [-0.15, -0.1) is 0 Å². The maximum Gasteiger partial charge on any atom is 0.233 e. The number of rotatable bonds is 3. The standard InChI is InChI=1S/C13H21N3O2/c1-16-8-2-3-9(16)5-7(4-8)10-6-13(10,11(14)17)12(15)18/h7-10H,2-6H2,1H3,(H2,14,17)(H2,15,18)/t7-,8+,9-,10?. The van der Waals surface area contributed by atoms with E-state index in [1.54, 1.807) is 0 Å². The second-order valence-electron chi connectivity index (χ2n) is 6.29. The molecule has 0 aromatic carbocycles. The molecule has 100 valence electrons. The molecule has 1 unspecified atom stereocenters. The molecule has 5 nitrogen and oxygen atoms in total. The van der Waals surface area contributed by atoms with Gasteiger partial charge in [0.1, 0.15) is 5.41 Å². The number of amides is 2. The lowest BCUT2D eigenvalue weighted by Gasteiger charge is -2.37. The summed E-state index contributed by atoms with van der Waals surface area (Å²) in [5, 5.41) is 0. The molecule has 2 amide bonds. The Bertz CT molecular complexity index is 381. The largest absolute Gasteiger partial charge is 0.369 e. The number of hydrogen-bond acceptors (Lipinski definition) is 3. The smallest absolute Gasteiger partial charge is 0.233 e. The van der Waals surface area contributed by atoms with Gasteiger partial charge >= 0.3 is 0 Å². The summed E-state index contributed by atoms with van der Waals surface area (Å²) in [6.07, 6.45) is 5.22. The third-order valence-corrected chi connectivity index (χ3v) is 5.60. The molecule has 2 bridgehead atoms. The molecule has 18 heavy (non-hydrogen) atoms. The normalized spacial score (nSPS) is 41.6. The summed E-state index contributed by atoms with van der Waals surface area (Å²) < 4.78 is 0. The average Bonchev–Trinajstić information content (AvgIpc) is 3.03. The summed E-state index contributed by atoms with van der Waals surface area (Å²) in [6.45, 7) is 0. The first-order valence-electron chi connectivity index (χ1n) is 6.78. The number of carbonyl (C=O) groups excluding carboxylic acids is 2. The van der Waals surface area contributed by atoms with E-state index < -0.39 is 17.2 Å². The van der Waals surface area contributed by atoms with Crippen molar-refractivity contribution in [2.75, 3.05) is 7.05 Å². The number of carbonyl (C=O) groups is 2. The highest BCUT2D eigenvalue weighted by Gasteiger charge is 2.67. The summed E-state index contributed by atoms with van der Waals surface area (Å²) in [7, 11) is 2.18. The topological polar surface area (TPSA) is 89.4 Å². The van der Waals surface area contributed by atoms with Gasteiger partial charge in [-0.1, -0.05) is 0 Å². The van der Waals surface area contributed by atoms with Crippen LogP contribution in [0.5, 0.6) is 0 Å². The van der Waals surface area contributed by atoms with Crippen molar-refractivity contribution in [1.29, 1.82) is 0 Å². The average molecular weight is 251 g/mol. The molecule has 4 atom stereocenters. The first kappa shape index (κ1) is 12.0. The van der Waals surface area contributed by atoms with Gasteiger partial charge in [-0.25, -0.2) is 0 Å². The van der Waals surface area contributed by atoms with Crippen LogP contribution in [0, 0.1) is 17.3 Å².